The van der Waals surface area contributed by atoms with Gasteiger partial charge in [-0.05, 0) is 61.3 Å². The van der Waals surface area contributed by atoms with Gasteiger partial charge in [0.25, 0.3) is 0 Å². The van der Waals surface area contributed by atoms with Crippen LogP contribution in [0.5, 0.6) is 5.75 Å². The van der Waals surface area contributed by atoms with Crippen LogP contribution in [0.4, 0.5) is 4.39 Å². The maximum atomic E-state index is 13.4. The molecule has 108 valence electrons. The lowest BCUT2D eigenvalue weighted by Gasteiger charge is -2.16. The smallest absolute Gasteiger partial charge is 0.145 e. The van der Waals surface area contributed by atoms with Crippen LogP contribution in [0.15, 0.2) is 16.6 Å². The van der Waals surface area contributed by atoms with Crippen LogP contribution in [0.2, 0.25) is 5.02 Å². The van der Waals surface area contributed by atoms with Gasteiger partial charge >= 0.3 is 0 Å². The number of halogens is 3. The predicted molar refractivity (Wildman–Crippen MR) is 81.6 cm³/mol. The van der Waals surface area contributed by atoms with Gasteiger partial charge in [-0.3, -0.25) is 0 Å². The summed E-state index contributed by atoms with van der Waals surface area (Å²) in [5.41, 5.74) is 0. The molecule has 0 aliphatic carbocycles. The number of benzene rings is 1. The van der Waals surface area contributed by atoms with Gasteiger partial charge in [0.05, 0.1) is 15.6 Å². The van der Waals surface area contributed by atoms with Gasteiger partial charge in [-0.1, -0.05) is 18.5 Å². The molecule has 0 bridgehead atoms. The van der Waals surface area contributed by atoms with Crippen LogP contribution < -0.4 is 10.1 Å². The van der Waals surface area contributed by atoms with E-state index in [-0.39, 0.29) is 11.1 Å². The van der Waals surface area contributed by atoms with Gasteiger partial charge in [0.1, 0.15) is 11.6 Å². The van der Waals surface area contributed by atoms with Crippen molar-refractivity contribution >= 4 is 27.5 Å². The van der Waals surface area contributed by atoms with Gasteiger partial charge in [-0.2, -0.15) is 0 Å². The van der Waals surface area contributed by atoms with E-state index in [1.807, 2.05) is 6.92 Å². The van der Waals surface area contributed by atoms with E-state index in [4.69, 9.17) is 16.3 Å². The number of rotatable bonds is 8. The SMILES string of the molecule is CCCNCCCC(C)Oc1cc(F)c(Cl)cc1Br. The van der Waals surface area contributed by atoms with E-state index >= 15 is 0 Å². The van der Waals surface area contributed by atoms with Crippen molar-refractivity contribution in [2.75, 3.05) is 13.1 Å². The second-order valence-corrected chi connectivity index (χ2v) is 5.78. The third kappa shape index (κ3) is 6.11. The second kappa shape index (κ2) is 8.77. The minimum absolute atomic E-state index is 0.0419. The molecule has 0 saturated heterocycles. The Morgan fingerprint density at radius 1 is 1.42 bits per heavy atom. The molecule has 19 heavy (non-hydrogen) atoms. The van der Waals surface area contributed by atoms with Crippen LogP contribution in [0.25, 0.3) is 0 Å². The van der Waals surface area contributed by atoms with Crippen molar-refractivity contribution < 1.29 is 9.13 Å². The first kappa shape index (κ1) is 16.7. The van der Waals surface area contributed by atoms with E-state index in [0.717, 1.165) is 32.4 Å². The first-order chi connectivity index (χ1) is 9.04. The van der Waals surface area contributed by atoms with Gasteiger partial charge in [0, 0.05) is 6.07 Å². The molecule has 0 fully saturated rings. The molecule has 1 rings (SSSR count). The molecular formula is C14H20BrClFNO. The van der Waals surface area contributed by atoms with Crippen molar-refractivity contribution in [1.29, 1.82) is 0 Å². The Morgan fingerprint density at radius 2 is 2.16 bits per heavy atom. The highest BCUT2D eigenvalue weighted by Crippen LogP contribution is 2.31. The normalized spacial score (nSPS) is 12.5. The Bertz CT molecular complexity index is 403. The lowest BCUT2D eigenvalue weighted by Crippen LogP contribution is -2.19. The van der Waals surface area contributed by atoms with Gasteiger partial charge in [0.2, 0.25) is 0 Å². The molecule has 0 aromatic heterocycles. The molecule has 1 unspecified atom stereocenters. The highest BCUT2D eigenvalue weighted by atomic mass is 79.9. The van der Waals surface area contributed by atoms with Crippen LogP contribution in [0.1, 0.15) is 33.1 Å². The zero-order valence-electron chi connectivity index (χ0n) is 11.3. The molecule has 0 heterocycles. The molecule has 5 heteroatoms. The highest BCUT2D eigenvalue weighted by molar-refractivity contribution is 9.10. The summed E-state index contributed by atoms with van der Waals surface area (Å²) in [6.07, 6.45) is 3.14. The molecule has 1 atom stereocenters. The zero-order valence-corrected chi connectivity index (χ0v) is 13.7. The van der Waals surface area contributed by atoms with Crippen LogP contribution in [0, 0.1) is 5.82 Å². The quantitative estimate of drug-likeness (QED) is 0.536. The number of hydrogen-bond donors (Lipinski definition) is 1. The van der Waals surface area contributed by atoms with E-state index in [1.165, 1.54) is 12.1 Å². The largest absolute Gasteiger partial charge is 0.489 e. The molecule has 0 spiro atoms. The monoisotopic (exact) mass is 351 g/mol. The van der Waals surface area contributed by atoms with Crippen LogP contribution in [0.3, 0.4) is 0 Å². The van der Waals surface area contributed by atoms with Gasteiger partial charge in [0.15, 0.2) is 0 Å². The fraction of sp³-hybridized carbons (Fsp3) is 0.571. The second-order valence-electron chi connectivity index (χ2n) is 4.52. The number of ether oxygens (including phenoxy) is 1. The summed E-state index contributed by atoms with van der Waals surface area (Å²) in [6.45, 7) is 6.16. The van der Waals surface area contributed by atoms with E-state index < -0.39 is 5.82 Å². The van der Waals surface area contributed by atoms with Crippen molar-refractivity contribution in [2.45, 2.75) is 39.2 Å². The molecule has 2 nitrogen and oxygen atoms in total. The fourth-order valence-corrected chi connectivity index (χ4v) is 2.42. The van der Waals surface area contributed by atoms with Crippen molar-refractivity contribution in [3.8, 4) is 5.75 Å². The van der Waals surface area contributed by atoms with Crippen molar-refractivity contribution in [3.05, 3.63) is 27.4 Å². The van der Waals surface area contributed by atoms with Crippen molar-refractivity contribution in [2.24, 2.45) is 0 Å². The van der Waals surface area contributed by atoms with E-state index in [9.17, 15) is 4.39 Å². The summed E-state index contributed by atoms with van der Waals surface area (Å²) in [6, 6.07) is 2.83. The molecule has 1 aromatic carbocycles. The van der Waals surface area contributed by atoms with E-state index in [2.05, 4.69) is 28.2 Å². The minimum Gasteiger partial charge on any atom is -0.489 e. The van der Waals surface area contributed by atoms with E-state index in [1.54, 1.807) is 0 Å². The lowest BCUT2D eigenvalue weighted by atomic mass is 10.2. The highest BCUT2D eigenvalue weighted by Gasteiger charge is 2.11. The maximum Gasteiger partial charge on any atom is 0.145 e. The summed E-state index contributed by atoms with van der Waals surface area (Å²) in [5, 5.41) is 3.43. The van der Waals surface area contributed by atoms with Crippen LogP contribution in [-0.4, -0.2) is 19.2 Å². The Labute approximate surface area is 127 Å². The molecule has 0 aliphatic heterocycles. The number of nitrogens with one attached hydrogen (secondary N) is 1. The van der Waals surface area contributed by atoms with E-state index in [0.29, 0.717) is 10.2 Å². The van der Waals surface area contributed by atoms with Gasteiger partial charge in [-0.25, -0.2) is 4.39 Å². The fourth-order valence-electron chi connectivity index (χ4n) is 1.69. The molecule has 1 aromatic rings. The van der Waals surface area contributed by atoms with Crippen LogP contribution in [-0.2, 0) is 0 Å². The molecule has 0 amide bonds. The first-order valence-corrected chi connectivity index (χ1v) is 7.73. The average Bonchev–Trinajstić information content (AvgIpc) is 2.35. The van der Waals surface area contributed by atoms with Crippen molar-refractivity contribution in [1.82, 2.24) is 5.32 Å². The van der Waals surface area contributed by atoms with Gasteiger partial charge < -0.3 is 10.1 Å². The topological polar surface area (TPSA) is 21.3 Å². The minimum atomic E-state index is -0.461. The summed E-state index contributed by atoms with van der Waals surface area (Å²) >= 11 is 9.01. The molecule has 1 N–H and O–H groups in total. The zero-order chi connectivity index (χ0) is 14.3. The predicted octanol–water partition coefficient (Wildman–Crippen LogP) is 4.79. The summed E-state index contributed by atoms with van der Waals surface area (Å²) in [7, 11) is 0. The molecule has 0 radical (unpaired) electrons. The summed E-state index contributed by atoms with van der Waals surface area (Å²) < 4.78 is 19.7. The van der Waals surface area contributed by atoms with Crippen LogP contribution >= 0.6 is 27.5 Å². The Balaban J connectivity index is 2.40. The van der Waals surface area contributed by atoms with Gasteiger partial charge in [-0.15, -0.1) is 0 Å². The maximum absolute atomic E-state index is 13.4. The first-order valence-electron chi connectivity index (χ1n) is 6.56. The molecule has 0 saturated carbocycles. The molecule has 0 aliphatic rings. The summed E-state index contributed by atoms with van der Waals surface area (Å²) in [5.74, 6) is 0.0348. The molecular weight excluding hydrogens is 333 g/mol. The Morgan fingerprint density at radius 3 is 2.84 bits per heavy atom. The average molecular weight is 353 g/mol. The lowest BCUT2D eigenvalue weighted by molar-refractivity contribution is 0.205. The Hall–Kier alpha value is -0.320. The standard InChI is InChI=1S/C14H20BrClFNO/c1-3-6-18-7-4-5-10(2)19-14-9-13(17)12(16)8-11(14)15/h8-10,18H,3-7H2,1-2H3. The summed E-state index contributed by atoms with van der Waals surface area (Å²) in [4.78, 5) is 0. The Kier molecular flexibility index (Phi) is 7.73. The third-order valence-electron chi connectivity index (χ3n) is 2.69. The van der Waals surface area contributed by atoms with Crippen molar-refractivity contribution in [3.63, 3.8) is 0 Å². The number of hydrogen-bond acceptors (Lipinski definition) is 2. The third-order valence-corrected chi connectivity index (χ3v) is 3.60.